The average Bonchev–Trinajstić information content (AvgIpc) is 3.48. The summed E-state index contributed by atoms with van der Waals surface area (Å²) in [4.78, 5) is 18.5. The minimum Gasteiger partial charge on any atom is -0.399 e. The smallest absolute Gasteiger partial charge is 0.394 e. The lowest BCUT2D eigenvalue weighted by atomic mass is 10.2. The predicted molar refractivity (Wildman–Crippen MR) is 130 cm³/mol. The first-order chi connectivity index (χ1) is 16.8. The van der Waals surface area contributed by atoms with Gasteiger partial charge in [0.2, 0.25) is 0 Å². The number of nitro benzene ring substituents is 1. The van der Waals surface area contributed by atoms with Crippen LogP contribution in [0, 0.1) is 20.2 Å². The highest BCUT2D eigenvalue weighted by atomic mass is 32.3. The topological polar surface area (TPSA) is 243 Å². The average molecular weight is 522 g/mol. The van der Waals surface area contributed by atoms with Crippen molar-refractivity contribution in [3.05, 3.63) is 112 Å². The molecule has 4 rings (SSSR count). The molecule has 0 atom stereocenters. The highest BCUT2D eigenvalue weighted by Crippen LogP contribution is 2.24. The molecule has 192 valence electrons. The maximum Gasteiger partial charge on any atom is 0.394 e. The second kappa shape index (κ2) is 13.7. The van der Waals surface area contributed by atoms with Gasteiger partial charge in [-0.15, -0.1) is 10.1 Å². The Bertz CT molecular complexity index is 1330. The molecule has 2 aromatic heterocycles. The van der Waals surface area contributed by atoms with E-state index in [9.17, 15) is 10.1 Å². The molecule has 0 radical (unpaired) electrons. The SMILES string of the molecule is Nc1ccc(-n2cccc2)cc1.Nc1ccc(-n2cccc2)cc1[N+](=O)[O-].O=S(=O)(O)O.O=[N+]([O-])O. The zero-order chi connectivity index (χ0) is 27.3. The summed E-state index contributed by atoms with van der Waals surface area (Å²) >= 11 is 0. The standard InChI is InChI=1S/C10H9N3O2.C10H10N2.HNO3.H2O4S/c11-9-4-3-8(7-10(9)13(14)15)12-5-1-2-6-12;11-9-3-5-10(6-4-9)12-7-1-2-8-12;2-1(3)4;1-5(2,3)4/h1-7H,11H2;1-8H,11H2;(H,2,3,4);(H2,1,2,3,4). The molecule has 0 aliphatic carbocycles. The van der Waals surface area contributed by atoms with Crippen LogP contribution in [-0.2, 0) is 10.4 Å². The van der Waals surface area contributed by atoms with E-state index in [4.69, 9.17) is 44.3 Å². The van der Waals surface area contributed by atoms with Crippen molar-refractivity contribution in [2.24, 2.45) is 0 Å². The van der Waals surface area contributed by atoms with Crippen molar-refractivity contribution in [2.75, 3.05) is 11.5 Å². The maximum absolute atomic E-state index is 10.7. The van der Waals surface area contributed by atoms with Gasteiger partial charge >= 0.3 is 10.4 Å². The number of hydrogen-bond acceptors (Lipinski definition) is 8. The Morgan fingerprint density at radius 1 is 0.750 bits per heavy atom. The molecule has 2 heterocycles. The van der Waals surface area contributed by atoms with E-state index in [1.807, 2.05) is 77.9 Å². The van der Waals surface area contributed by atoms with Gasteiger partial charge in [-0.05, 0) is 60.7 Å². The summed E-state index contributed by atoms with van der Waals surface area (Å²) in [7, 11) is -4.67. The van der Waals surface area contributed by atoms with Crippen LogP contribution < -0.4 is 11.5 Å². The van der Waals surface area contributed by atoms with Crippen LogP contribution in [0.3, 0.4) is 0 Å². The number of anilines is 2. The van der Waals surface area contributed by atoms with Crippen molar-refractivity contribution in [3.8, 4) is 11.4 Å². The van der Waals surface area contributed by atoms with Gasteiger partial charge in [0.05, 0.1) is 10.6 Å². The Balaban J connectivity index is 0.000000275. The Labute approximate surface area is 204 Å². The van der Waals surface area contributed by atoms with E-state index in [1.165, 1.54) is 12.1 Å². The van der Waals surface area contributed by atoms with Gasteiger partial charge in [-0.3, -0.25) is 19.2 Å². The summed E-state index contributed by atoms with van der Waals surface area (Å²) in [5.41, 5.74) is 13.8. The normalized spacial score (nSPS) is 9.83. The van der Waals surface area contributed by atoms with Crippen molar-refractivity contribution in [2.45, 2.75) is 0 Å². The first-order valence-corrected chi connectivity index (χ1v) is 10.9. The molecule has 0 unspecified atom stereocenters. The van der Waals surface area contributed by atoms with Crippen molar-refractivity contribution >= 4 is 27.5 Å². The van der Waals surface area contributed by atoms with Crippen LogP contribution in [0.1, 0.15) is 0 Å². The maximum atomic E-state index is 10.7. The monoisotopic (exact) mass is 522 g/mol. The third kappa shape index (κ3) is 11.8. The van der Waals surface area contributed by atoms with Gasteiger partial charge in [-0.2, -0.15) is 8.42 Å². The number of rotatable bonds is 3. The molecule has 15 nitrogen and oxygen atoms in total. The quantitative estimate of drug-likeness (QED) is 0.113. The first-order valence-electron chi connectivity index (χ1n) is 9.47. The highest BCUT2D eigenvalue weighted by Gasteiger charge is 2.12. The second-order valence-electron chi connectivity index (χ2n) is 6.46. The molecule has 0 saturated heterocycles. The summed E-state index contributed by atoms with van der Waals surface area (Å²) in [6.45, 7) is 0. The number of benzene rings is 2. The third-order valence-corrected chi connectivity index (χ3v) is 3.91. The number of nitrogen functional groups attached to an aromatic ring is 2. The van der Waals surface area contributed by atoms with E-state index < -0.39 is 20.4 Å². The number of aromatic nitrogens is 2. The second-order valence-corrected chi connectivity index (χ2v) is 7.35. The van der Waals surface area contributed by atoms with Crippen molar-refractivity contribution in [1.29, 1.82) is 0 Å². The number of nitrogens with zero attached hydrogens (tertiary/aromatic N) is 4. The Hall–Kier alpha value is -4.93. The number of nitro groups is 1. The van der Waals surface area contributed by atoms with Crippen molar-refractivity contribution in [3.63, 3.8) is 0 Å². The largest absolute Gasteiger partial charge is 0.399 e. The van der Waals surface area contributed by atoms with Crippen LogP contribution >= 0.6 is 0 Å². The summed E-state index contributed by atoms with van der Waals surface area (Å²) < 4.78 is 35.4. The zero-order valence-corrected chi connectivity index (χ0v) is 19.1. The predicted octanol–water partition coefficient (Wildman–Crippen LogP) is 3.03. The Kier molecular flexibility index (Phi) is 11.1. The van der Waals surface area contributed by atoms with Crippen LogP contribution in [0.25, 0.3) is 11.4 Å². The van der Waals surface area contributed by atoms with E-state index in [1.54, 1.807) is 10.6 Å². The molecular formula is C20H22N6O9S. The van der Waals surface area contributed by atoms with Gasteiger partial charge in [0.25, 0.3) is 10.8 Å². The molecule has 36 heavy (non-hydrogen) atoms. The third-order valence-electron chi connectivity index (χ3n) is 3.91. The molecule has 16 heteroatoms. The van der Waals surface area contributed by atoms with Gasteiger partial charge in [-0.1, -0.05) is 0 Å². The molecule has 4 aromatic rings. The fourth-order valence-electron chi connectivity index (χ4n) is 2.51. The Morgan fingerprint density at radius 3 is 1.50 bits per heavy atom. The summed E-state index contributed by atoms with van der Waals surface area (Å²) in [5, 5.41) is 24.3. The molecule has 0 bridgehead atoms. The first kappa shape index (κ1) is 29.1. The fraction of sp³-hybridized carbons (Fsp3) is 0. The van der Waals surface area contributed by atoms with Crippen LogP contribution in [0.2, 0.25) is 0 Å². The number of hydrogen-bond donors (Lipinski definition) is 5. The summed E-state index contributed by atoms with van der Waals surface area (Å²) in [6, 6.07) is 20.2. The Morgan fingerprint density at radius 2 is 1.11 bits per heavy atom. The van der Waals surface area contributed by atoms with Crippen molar-refractivity contribution < 1.29 is 32.7 Å². The van der Waals surface area contributed by atoms with E-state index in [0.29, 0.717) is 0 Å². The minimum absolute atomic E-state index is 0.0683. The van der Waals surface area contributed by atoms with Crippen LogP contribution in [0.15, 0.2) is 91.5 Å². The molecule has 7 N–H and O–H groups in total. The van der Waals surface area contributed by atoms with Gasteiger partial charge in [0, 0.05) is 42.2 Å². The lowest BCUT2D eigenvalue weighted by Gasteiger charge is -2.03. The molecular weight excluding hydrogens is 500 g/mol. The fourth-order valence-corrected chi connectivity index (χ4v) is 2.51. The van der Waals surface area contributed by atoms with Crippen LogP contribution in [0.5, 0.6) is 0 Å². The summed E-state index contributed by atoms with van der Waals surface area (Å²) in [6.07, 6.45) is 7.64. The van der Waals surface area contributed by atoms with E-state index in [2.05, 4.69) is 0 Å². The lowest BCUT2D eigenvalue weighted by molar-refractivity contribution is -0.742. The van der Waals surface area contributed by atoms with Gasteiger partial charge < -0.3 is 25.8 Å². The highest BCUT2D eigenvalue weighted by molar-refractivity contribution is 7.79. The van der Waals surface area contributed by atoms with E-state index in [-0.39, 0.29) is 11.4 Å². The van der Waals surface area contributed by atoms with Crippen LogP contribution in [0.4, 0.5) is 17.1 Å². The molecule has 0 aliphatic rings. The number of nitrogens with two attached hydrogens (primary N) is 2. The van der Waals surface area contributed by atoms with E-state index in [0.717, 1.165) is 17.1 Å². The zero-order valence-electron chi connectivity index (χ0n) is 18.3. The molecule has 0 saturated carbocycles. The molecule has 0 fully saturated rings. The summed E-state index contributed by atoms with van der Waals surface area (Å²) in [5.74, 6) is 0. The van der Waals surface area contributed by atoms with Gasteiger partial charge in [0.1, 0.15) is 5.69 Å². The van der Waals surface area contributed by atoms with Crippen molar-refractivity contribution in [1.82, 2.24) is 9.13 Å². The lowest BCUT2D eigenvalue weighted by Crippen LogP contribution is -1.98. The van der Waals surface area contributed by atoms with Gasteiger partial charge in [-0.25, -0.2) is 0 Å². The van der Waals surface area contributed by atoms with E-state index >= 15 is 0 Å². The molecule has 0 amide bonds. The van der Waals surface area contributed by atoms with Crippen LogP contribution in [-0.4, -0.2) is 41.9 Å². The molecule has 0 aliphatic heterocycles. The van der Waals surface area contributed by atoms with Gasteiger partial charge in [0.15, 0.2) is 0 Å². The minimum atomic E-state index is -4.67. The molecule has 2 aromatic carbocycles. The molecule has 0 spiro atoms.